The van der Waals surface area contributed by atoms with Crippen LogP contribution in [0.25, 0.3) is 22.6 Å². The molecule has 0 saturated carbocycles. The molecule has 0 spiro atoms. The Balaban J connectivity index is 2.29. The van der Waals surface area contributed by atoms with Gasteiger partial charge in [-0.15, -0.1) is 0 Å². The highest BCUT2D eigenvalue weighted by Crippen LogP contribution is 2.20. The summed E-state index contributed by atoms with van der Waals surface area (Å²) in [5, 5.41) is 7.98. The van der Waals surface area contributed by atoms with E-state index in [9.17, 15) is 4.79 Å². The monoisotopic (exact) mass is 257 g/mol. The molecule has 8 heteroatoms. The summed E-state index contributed by atoms with van der Waals surface area (Å²) in [7, 11) is 0. The molecule has 3 aromatic heterocycles. The van der Waals surface area contributed by atoms with Crippen LogP contribution in [0.2, 0.25) is 0 Å². The van der Waals surface area contributed by atoms with Crippen LogP contribution in [0, 0.1) is 13.8 Å². The number of nitrogens with zero attached hydrogens (tertiary/aromatic N) is 4. The Morgan fingerprint density at radius 2 is 1.95 bits per heavy atom. The van der Waals surface area contributed by atoms with Crippen molar-refractivity contribution in [3.05, 3.63) is 27.8 Å². The average molecular weight is 257 g/mol. The van der Waals surface area contributed by atoms with Crippen LogP contribution in [0.3, 0.4) is 0 Å². The van der Waals surface area contributed by atoms with E-state index in [0.717, 1.165) is 11.3 Å². The van der Waals surface area contributed by atoms with Gasteiger partial charge in [-0.3, -0.25) is 9.78 Å². The summed E-state index contributed by atoms with van der Waals surface area (Å²) in [5.74, 6) is 0.561. The van der Waals surface area contributed by atoms with Gasteiger partial charge in [-0.05, 0) is 19.9 Å². The van der Waals surface area contributed by atoms with Gasteiger partial charge in [0.15, 0.2) is 11.2 Å². The highest BCUT2D eigenvalue weighted by atomic mass is 16.1. The molecule has 0 amide bonds. The minimum Gasteiger partial charge on any atom is -0.369 e. The molecule has 19 heavy (non-hydrogen) atoms. The number of rotatable bonds is 1. The van der Waals surface area contributed by atoms with Crippen LogP contribution in [-0.4, -0.2) is 30.1 Å². The Kier molecular flexibility index (Phi) is 2.31. The number of aryl methyl sites for hydroxylation is 2. The Hall–Kier alpha value is -2.77. The SMILES string of the molecule is Cc1cc(-c2nc3nc(N)[nH]c(=O)c3[nH]2)c(C)nn1. The van der Waals surface area contributed by atoms with Gasteiger partial charge in [-0.2, -0.15) is 15.2 Å². The second kappa shape index (κ2) is 3.87. The second-order valence-corrected chi connectivity index (χ2v) is 4.22. The number of aromatic nitrogens is 6. The first-order chi connectivity index (χ1) is 9.04. The molecule has 0 aliphatic rings. The van der Waals surface area contributed by atoms with Crippen LogP contribution in [0.15, 0.2) is 10.9 Å². The van der Waals surface area contributed by atoms with Crippen LogP contribution in [0.5, 0.6) is 0 Å². The summed E-state index contributed by atoms with van der Waals surface area (Å²) in [6.07, 6.45) is 0. The zero-order chi connectivity index (χ0) is 13.6. The van der Waals surface area contributed by atoms with Gasteiger partial charge in [0.1, 0.15) is 5.82 Å². The summed E-state index contributed by atoms with van der Waals surface area (Å²) < 4.78 is 0. The van der Waals surface area contributed by atoms with Gasteiger partial charge >= 0.3 is 0 Å². The van der Waals surface area contributed by atoms with Gasteiger partial charge in [0.25, 0.3) is 5.56 Å². The molecule has 0 aliphatic carbocycles. The third kappa shape index (κ3) is 1.82. The first-order valence-electron chi connectivity index (χ1n) is 5.61. The van der Waals surface area contributed by atoms with Crippen LogP contribution in [0.1, 0.15) is 11.4 Å². The van der Waals surface area contributed by atoms with E-state index in [2.05, 4.69) is 30.1 Å². The van der Waals surface area contributed by atoms with Crippen molar-refractivity contribution in [1.29, 1.82) is 0 Å². The standard InChI is InChI=1S/C11H11N7O/c1-4-3-6(5(2)18-17-4)8-13-7-9(14-8)15-11(12)16-10(7)19/h3H,1-2H3,(H4,12,13,14,15,16,19). The maximum Gasteiger partial charge on any atom is 0.278 e. The summed E-state index contributed by atoms with van der Waals surface area (Å²) >= 11 is 0. The van der Waals surface area contributed by atoms with Crippen molar-refractivity contribution < 1.29 is 0 Å². The molecule has 0 saturated heterocycles. The third-order valence-electron chi connectivity index (χ3n) is 2.74. The van der Waals surface area contributed by atoms with Crippen LogP contribution < -0.4 is 11.3 Å². The van der Waals surface area contributed by atoms with Crippen molar-refractivity contribution in [2.24, 2.45) is 0 Å². The van der Waals surface area contributed by atoms with Gasteiger partial charge in [0.2, 0.25) is 5.95 Å². The Bertz CT molecular complexity index is 833. The number of nitrogen functional groups attached to an aromatic ring is 1. The Morgan fingerprint density at radius 1 is 1.16 bits per heavy atom. The van der Waals surface area contributed by atoms with Gasteiger partial charge in [0, 0.05) is 5.56 Å². The van der Waals surface area contributed by atoms with Crippen molar-refractivity contribution in [3.8, 4) is 11.4 Å². The minimum atomic E-state index is -0.349. The number of aromatic amines is 2. The molecule has 0 radical (unpaired) electrons. The molecule has 0 unspecified atom stereocenters. The van der Waals surface area contributed by atoms with Crippen molar-refractivity contribution >= 4 is 17.1 Å². The molecular weight excluding hydrogens is 246 g/mol. The van der Waals surface area contributed by atoms with Crippen molar-refractivity contribution in [1.82, 2.24) is 30.1 Å². The summed E-state index contributed by atoms with van der Waals surface area (Å²) in [4.78, 5) is 25.3. The van der Waals surface area contributed by atoms with E-state index in [1.807, 2.05) is 19.9 Å². The van der Waals surface area contributed by atoms with Crippen molar-refractivity contribution in [2.75, 3.05) is 5.73 Å². The summed E-state index contributed by atoms with van der Waals surface area (Å²) in [6.45, 7) is 3.66. The second-order valence-electron chi connectivity index (χ2n) is 4.22. The van der Waals surface area contributed by atoms with Crippen molar-refractivity contribution in [3.63, 3.8) is 0 Å². The largest absolute Gasteiger partial charge is 0.369 e. The molecule has 3 heterocycles. The van der Waals surface area contributed by atoms with E-state index in [1.165, 1.54) is 0 Å². The highest BCUT2D eigenvalue weighted by molar-refractivity contribution is 5.76. The summed E-state index contributed by atoms with van der Waals surface area (Å²) in [6, 6.07) is 1.84. The fourth-order valence-corrected chi connectivity index (χ4v) is 1.84. The first-order valence-corrected chi connectivity index (χ1v) is 5.61. The molecular formula is C11H11N7O. The lowest BCUT2D eigenvalue weighted by Gasteiger charge is -2.00. The topological polar surface area (TPSA) is 126 Å². The molecule has 8 nitrogen and oxygen atoms in total. The zero-order valence-electron chi connectivity index (χ0n) is 10.4. The molecule has 0 aliphatic heterocycles. The number of hydrogen-bond donors (Lipinski definition) is 3. The van der Waals surface area contributed by atoms with Crippen LogP contribution >= 0.6 is 0 Å². The molecule has 0 bridgehead atoms. The average Bonchev–Trinajstić information content (AvgIpc) is 2.76. The minimum absolute atomic E-state index is 0.0382. The van der Waals surface area contributed by atoms with E-state index in [0.29, 0.717) is 11.5 Å². The van der Waals surface area contributed by atoms with E-state index in [-0.39, 0.29) is 22.7 Å². The quantitative estimate of drug-likeness (QED) is 0.575. The lowest BCUT2D eigenvalue weighted by atomic mass is 10.2. The molecule has 96 valence electrons. The predicted molar refractivity (Wildman–Crippen MR) is 69.4 cm³/mol. The smallest absolute Gasteiger partial charge is 0.278 e. The number of anilines is 1. The van der Waals surface area contributed by atoms with Crippen molar-refractivity contribution in [2.45, 2.75) is 13.8 Å². The number of H-pyrrole nitrogens is 2. The number of fused-ring (bicyclic) bond motifs is 1. The zero-order valence-corrected chi connectivity index (χ0v) is 10.4. The fraction of sp³-hybridized carbons (Fsp3) is 0.182. The molecule has 0 aromatic carbocycles. The lowest BCUT2D eigenvalue weighted by molar-refractivity contribution is 0.940. The maximum absolute atomic E-state index is 11.7. The number of nitrogens with one attached hydrogen (secondary N) is 2. The first kappa shape index (κ1) is 11.3. The van der Waals surface area contributed by atoms with E-state index in [4.69, 9.17) is 5.73 Å². The molecule has 3 aromatic rings. The van der Waals surface area contributed by atoms with Gasteiger partial charge in [-0.25, -0.2) is 4.98 Å². The van der Waals surface area contributed by atoms with E-state index < -0.39 is 0 Å². The summed E-state index contributed by atoms with van der Waals surface area (Å²) in [5.41, 5.74) is 7.97. The molecule has 3 rings (SSSR count). The normalized spacial score (nSPS) is 11.1. The van der Waals surface area contributed by atoms with Gasteiger partial charge < -0.3 is 10.7 Å². The van der Waals surface area contributed by atoms with Crippen LogP contribution in [0.4, 0.5) is 5.95 Å². The molecule has 0 fully saturated rings. The van der Waals surface area contributed by atoms with Gasteiger partial charge in [-0.1, -0.05) is 0 Å². The highest BCUT2D eigenvalue weighted by Gasteiger charge is 2.13. The number of imidazole rings is 1. The van der Waals surface area contributed by atoms with Gasteiger partial charge in [0.05, 0.1) is 11.4 Å². The predicted octanol–water partition coefficient (Wildman–Crippen LogP) is 0.302. The number of nitrogens with two attached hydrogens (primary N) is 1. The lowest BCUT2D eigenvalue weighted by Crippen LogP contribution is -2.10. The molecule has 4 N–H and O–H groups in total. The van der Waals surface area contributed by atoms with Crippen LogP contribution in [-0.2, 0) is 0 Å². The Labute approximate surface area is 107 Å². The maximum atomic E-state index is 11.7. The number of hydrogen-bond acceptors (Lipinski definition) is 6. The van der Waals surface area contributed by atoms with E-state index >= 15 is 0 Å². The molecule has 0 atom stereocenters. The third-order valence-corrected chi connectivity index (χ3v) is 2.74. The fourth-order valence-electron chi connectivity index (χ4n) is 1.84. The Morgan fingerprint density at radius 3 is 2.74 bits per heavy atom. The van der Waals surface area contributed by atoms with E-state index in [1.54, 1.807) is 0 Å².